The molecule has 1 aliphatic rings. The van der Waals surface area contributed by atoms with Crippen LogP contribution in [0, 0.1) is 0 Å². The van der Waals surface area contributed by atoms with Crippen LogP contribution in [0.1, 0.15) is 25.0 Å². The van der Waals surface area contributed by atoms with Crippen LogP contribution >= 0.6 is 22.7 Å². The molecule has 3 aromatic heterocycles. The Hall–Kier alpha value is -5.23. The molecule has 0 radical (unpaired) electrons. The number of rotatable bonds is 3. The molecule has 3 nitrogen and oxygen atoms in total. The Kier molecular flexibility index (Phi) is 5.66. The molecule has 10 rings (SSSR count). The van der Waals surface area contributed by atoms with Crippen LogP contribution in [0.5, 0.6) is 0 Å². The first kappa shape index (κ1) is 26.9. The van der Waals surface area contributed by atoms with E-state index in [1.807, 2.05) is 11.3 Å². The molecule has 5 heteroatoms. The molecule has 0 amide bonds. The van der Waals surface area contributed by atoms with Crippen molar-refractivity contribution in [1.29, 1.82) is 0 Å². The van der Waals surface area contributed by atoms with E-state index in [0.717, 1.165) is 16.7 Å². The number of fused-ring (bicyclic) bond motifs is 9. The van der Waals surface area contributed by atoms with Gasteiger partial charge in [0, 0.05) is 62.4 Å². The molecule has 0 atom stereocenters. The van der Waals surface area contributed by atoms with E-state index in [9.17, 15) is 0 Å². The first-order valence-corrected chi connectivity index (χ1v) is 17.5. The van der Waals surface area contributed by atoms with Gasteiger partial charge in [-0.15, -0.1) is 22.7 Å². The monoisotopic (exact) mass is 637 g/mol. The fourth-order valence-corrected chi connectivity index (χ4v) is 9.77. The van der Waals surface area contributed by atoms with Crippen LogP contribution in [0.3, 0.4) is 0 Å². The van der Waals surface area contributed by atoms with Crippen LogP contribution < -0.4 is 0 Å². The predicted octanol–water partition coefficient (Wildman–Crippen LogP) is 11.9. The Morgan fingerprint density at radius 1 is 0.447 bits per heavy atom. The summed E-state index contributed by atoms with van der Waals surface area (Å²) in [6.07, 6.45) is 0. The van der Waals surface area contributed by atoms with Crippen molar-refractivity contribution in [2.24, 2.45) is 0 Å². The molecule has 3 heterocycles. The first-order chi connectivity index (χ1) is 23.0. The molecule has 0 spiro atoms. The number of aromatic nitrogens is 3. The van der Waals surface area contributed by atoms with Gasteiger partial charge in [0.15, 0.2) is 17.5 Å². The van der Waals surface area contributed by atoms with Gasteiger partial charge in [0.1, 0.15) is 0 Å². The van der Waals surface area contributed by atoms with Crippen LogP contribution in [0.4, 0.5) is 0 Å². The van der Waals surface area contributed by atoms with Crippen molar-refractivity contribution < 1.29 is 0 Å². The second kappa shape index (κ2) is 9.88. The van der Waals surface area contributed by atoms with Crippen molar-refractivity contribution in [3.63, 3.8) is 0 Å². The first-order valence-electron chi connectivity index (χ1n) is 15.9. The molecule has 222 valence electrons. The molecular weight excluding hydrogens is 611 g/mol. The van der Waals surface area contributed by atoms with Crippen molar-refractivity contribution in [1.82, 2.24) is 15.0 Å². The summed E-state index contributed by atoms with van der Waals surface area (Å²) in [5.41, 5.74) is 8.05. The average Bonchev–Trinajstić information content (AvgIpc) is 3.76. The predicted molar refractivity (Wildman–Crippen MR) is 199 cm³/mol. The number of thiophene rings is 2. The SMILES string of the molecule is CC1(C)c2ccccc2-c2c(-c3nc(-c4ccc5sc6ccccc6c5c4)nc(-c4cccc5c4sc4ccccc45)n3)cccc21. The van der Waals surface area contributed by atoms with Crippen molar-refractivity contribution in [2.75, 3.05) is 0 Å². The molecule has 0 aliphatic heterocycles. The number of nitrogens with zero attached hydrogens (tertiary/aromatic N) is 3. The third kappa shape index (κ3) is 3.94. The quantitative estimate of drug-likeness (QED) is 0.193. The van der Waals surface area contributed by atoms with E-state index < -0.39 is 0 Å². The molecule has 0 saturated heterocycles. The van der Waals surface area contributed by atoms with Crippen molar-refractivity contribution >= 4 is 63.0 Å². The zero-order valence-electron chi connectivity index (χ0n) is 25.8. The Balaban J connectivity index is 1.26. The maximum Gasteiger partial charge on any atom is 0.165 e. The summed E-state index contributed by atoms with van der Waals surface area (Å²) in [4.78, 5) is 15.8. The van der Waals surface area contributed by atoms with Crippen LogP contribution in [0.25, 0.3) is 85.6 Å². The highest BCUT2D eigenvalue weighted by atomic mass is 32.1. The van der Waals surface area contributed by atoms with E-state index in [-0.39, 0.29) is 5.41 Å². The van der Waals surface area contributed by atoms with Crippen molar-refractivity contribution in [2.45, 2.75) is 19.3 Å². The lowest BCUT2D eigenvalue weighted by molar-refractivity contribution is 0.660. The minimum Gasteiger partial charge on any atom is -0.208 e. The van der Waals surface area contributed by atoms with E-state index in [1.165, 1.54) is 62.6 Å². The van der Waals surface area contributed by atoms with Crippen molar-refractivity contribution in [3.8, 4) is 45.3 Å². The lowest BCUT2D eigenvalue weighted by atomic mass is 9.82. The van der Waals surface area contributed by atoms with Crippen LogP contribution in [0.2, 0.25) is 0 Å². The van der Waals surface area contributed by atoms with E-state index in [2.05, 4.69) is 141 Å². The molecule has 0 saturated carbocycles. The zero-order chi connectivity index (χ0) is 31.3. The number of hydrogen-bond acceptors (Lipinski definition) is 5. The Morgan fingerprint density at radius 3 is 1.87 bits per heavy atom. The maximum atomic E-state index is 5.31. The molecule has 0 unspecified atom stereocenters. The summed E-state index contributed by atoms with van der Waals surface area (Å²) in [6, 6.07) is 45.7. The van der Waals surface area contributed by atoms with Gasteiger partial charge in [-0.2, -0.15) is 0 Å². The molecule has 6 aromatic carbocycles. The maximum absolute atomic E-state index is 5.31. The lowest BCUT2D eigenvalue weighted by Gasteiger charge is -2.21. The molecule has 0 bridgehead atoms. The topological polar surface area (TPSA) is 38.7 Å². The summed E-state index contributed by atoms with van der Waals surface area (Å²) < 4.78 is 5.01. The second-order valence-corrected chi connectivity index (χ2v) is 14.9. The molecule has 47 heavy (non-hydrogen) atoms. The highest BCUT2D eigenvalue weighted by Gasteiger charge is 2.37. The standard InChI is InChI=1S/C42H27N3S2/c1-42(2)32-17-6-3-13-28(32)37-29(15-10-18-33(37)42)40-43-39(24-21-22-36-31(23-24)26-12-5-7-19-34(26)46-36)44-41(45-40)30-16-9-14-27-25-11-4-8-20-35(25)47-38(27)30/h3-23H,1-2H3. The van der Waals surface area contributed by atoms with Gasteiger partial charge in [0.05, 0.1) is 0 Å². The van der Waals surface area contributed by atoms with Gasteiger partial charge in [-0.1, -0.05) is 105 Å². The fourth-order valence-electron chi connectivity index (χ4n) is 7.48. The highest BCUT2D eigenvalue weighted by Crippen LogP contribution is 2.52. The summed E-state index contributed by atoms with van der Waals surface area (Å²) in [5, 5.41) is 4.99. The molecular formula is C42H27N3S2. The number of benzene rings is 6. The van der Waals surface area contributed by atoms with Crippen LogP contribution in [-0.2, 0) is 5.41 Å². The summed E-state index contributed by atoms with van der Waals surface area (Å²) >= 11 is 3.63. The number of hydrogen-bond donors (Lipinski definition) is 0. The smallest absolute Gasteiger partial charge is 0.165 e. The fraction of sp³-hybridized carbons (Fsp3) is 0.0714. The van der Waals surface area contributed by atoms with Gasteiger partial charge in [-0.25, -0.2) is 15.0 Å². The lowest BCUT2D eigenvalue weighted by Crippen LogP contribution is -2.14. The average molecular weight is 638 g/mol. The second-order valence-electron chi connectivity index (χ2n) is 12.8. The van der Waals surface area contributed by atoms with Gasteiger partial charge < -0.3 is 0 Å². The zero-order valence-corrected chi connectivity index (χ0v) is 27.4. The van der Waals surface area contributed by atoms with E-state index in [0.29, 0.717) is 17.5 Å². The summed E-state index contributed by atoms with van der Waals surface area (Å²) in [6.45, 7) is 4.63. The minimum atomic E-state index is -0.117. The Morgan fingerprint density at radius 2 is 1.02 bits per heavy atom. The van der Waals surface area contributed by atoms with Gasteiger partial charge in [0.25, 0.3) is 0 Å². The summed E-state index contributed by atoms with van der Waals surface area (Å²) in [5.74, 6) is 2.08. The van der Waals surface area contributed by atoms with Crippen LogP contribution in [0.15, 0.2) is 127 Å². The largest absolute Gasteiger partial charge is 0.208 e. The molecule has 0 N–H and O–H groups in total. The van der Waals surface area contributed by atoms with E-state index >= 15 is 0 Å². The van der Waals surface area contributed by atoms with Gasteiger partial charge in [-0.3, -0.25) is 0 Å². The third-order valence-electron chi connectivity index (χ3n) is 9.76. The van der Waals surface area contributed by atoms with Crippen molar-refractivity contribution in [3.05, 3.63) is 139 Å². The summed E-state index contributed by atoms with van der Waals surface area (Å²) in [7, 11) is 0. The molecule has 0 fully saturated rings. The van der Waals surface area contributed by atoms with Gasteiger partial charge in [0.2, 0.25) is 0 Å². The Bertz CT molecular complexity index is 2730. The molecule has 9 aromatic rings. The van der Waals surface area contributed by atoms with Gasteiger partial charge in [-0.05, 0) is 58.7 Å². The van der Waals surface area contributed by atoms with Crippen LogP contribution in [-0.4, -0.2) is 15.0 Å². The van der Waals surface area contributed by atoms with E-state index in [4.69, 9.17) is 15.0 Å². The Labute approximate surface area is 279 Å². The molecule has 1 aliphatic carbocycles. The highest BCUT2D eigenvalue weighted by molar-refractivity contribution is 7.26. The van der Waals surface area contributed by atoms with E-state index in [1.54, 1.807) is 11.3 Å². The normalized spacial score (nSPS) is 13.5. The van der Waals surface area contributed by atoms with Gasteiger partial charge >= 0.3 is 0 Å². The minimum absolute atomic E-state index is 0.117. The third-order valence-corrected chi connectivity index (χ3v) is 12.1.